The van der Waals surface area contributed by atoms with Crippen LogP contribution >= 0.6 is 11.6 Å². The maximum absolute atomic E-state index is 12.7. The molecule has 146 valence electrons. The van der Waals surface area contributed by atoms with Crippen molar-refractivity contribution < 1.29 is 14.3 Å². The molecule has 2 amide bonds. The number of halogens is 1. The van der Waals surface area contributed by atoms with Crippen LogP contribution in [-0.2, 0) is 4.79 Å². The number of hydrogen-bond acceptors (Lipinski definition) is 4. The molecule has 6 nitrogen and oxygen atoms in total. The lowest BCUT2D eigenvalue weighted by molar-refractivity contribution is -0.138. The minimum absolute atomic E-state index is 0.00126. The summed E-state index contributed by atoms with van der Waals surface area (Å²) in [7, 11) is 0. The Morgan fingerprint density at radius 1 is 1.07 bits per heavy atom. The molecule has 0 radical (unpaired) electrons. The van der Waals surface area contributed by atoms with Crippen molar-refractivity contribution in [1.82, 2.24) is 15.2 Å². The second kappa shape index (κ2) is 8.19. The molecule has 0 saturated carbocycles. The third-order valence-corrected chi connectivity index (χ3v) is 5.73. The zero-order valence-electron chi connectivity index (χ0n) is 15.4. The van der Waals surface area contributed by atoms with Crippen LogP contribution in [0.25, 0.3) is 0 Å². The molecule has 1 aromatic heterocycles. The lowest BCUT2D eigenvalue weighted by atomic mass is 9.97. The maximum Gasteiger partial charge on any atom is 0.261 e. The SMILES string of the molecule is O=C(NC1CC2CCC(C1)N2C(=O)COc1ccc(Cl)cc1)c1ccncc1. The Balaban J connectivity index is 1.32. The molecule has 28 heavy (non-hydrogen) atoms. The first-order valence-corrected chi connectivity index (χ1v) is 9.88. The molecule has 2 unspecified atom stereocenters. The number of fused-ring (bicyclic) bond motifs is 2. The van der Waals surface area contributed by atoms with Crippen LogP contribution in [-0.4, -0.2) is 46.4 Å². The van der Waals surface area contributed by atoms with Crippen molar-refractivity contribution in [3.05, 3.63) is 59.4 Å². The molecular formula is C21H22ClN3O3. The number of hydrogen-bond donors (Lipinski definition) is 1. The molecule has 7 heteroatoms. The van der Waals surface area contributed by atoms with Crippen molar-refractivity contribution in [2.75, 3.05) is 6.61 Å². The highest BCUT2D eigenvalue weighted by molar-refractivity contribution is 6.30. The van der Waals surface area contributed by atoms with Gasteiger partial charge in [-0.3, -0.25) is 14.6 Å². The fourth-order valence-corrected chi connectivity index (χ4v) is 4.35. The molecule has 1 aromatic carbocycles. The summed E-state index contributed by atoms with van der Waals surface area (Å²) in [6.07, 6.45) is 6.72. The van der Waals surface area contributed by atoms with E-state index < -0.39 is 0 Å². The number of nitrogens with zero attached hydrogens (tertiary/aromatic N) is 2. The molecule has 2 bridgehead atoms. The van der Waals surface area contributed by atoms with Gasteiger partial charge in [-0.25, -0.2) is 0 Å². The van der Waals surface area contributed by atoms with Crippen molar-refractivity contribution in [2.24, 2.45) is 0 Å². The van der Waals surface area contributed by atoms with Crippen LogP contribution in [0.1, 0.15) is 36.0 Å². The van der Waals surface area contributed by atoms with Gasteiger partial charge >= 0.3 is 0 Å². The topological polar surface area (TPSA) is 71.5 Å². The Labute approximate surface area is 168 Å². The Bertz CT molecular complexity index is 830. The number of rotatable bonds is 5. The molecule has 0 spiro atoms. The van der Waals surface area contributed by atoms with Crippen molar-refractivity contribution in [3.8, 4) is 5.75 Å². The predicted octanol–water partition coefficient (Wildman–Crippen LogP) is 3.07. The van der Waals surface area contributed by atoms with Gasteiger partial charge in [0.25, 0.3) is 11.8 Å². The second-order valence-electron chi connectivity index (χ2n) is 7.31. The largest absolute Gasteiger partial charge is 0.484 e. The van der Waals surface area contributed by atoms with E-state index in [4.69, 9.17) is 16.3 Å². The quantitative estimate of drug-likeness (QED) is 0.838. The Morgan fingerprint density at radius 3 is 2.36 bits per heavy atom. The van der Waals surface area contributed by atoms with Crippen molar-refractivity contribution >= 4 is 23.4 Å². The summed E-state index contributed by atoms with van der Waals surface area (Å²) in [5.41, 5.74) is 0.609. The Hall–Kier alpha value is -2.60. The van der Waals surface area contributed by atoms with E-state index in [1.54, 1.807) is 48.8 Å². The van der Waals surface area contributed by atoms with Crippen LogP contribution in [0.4, 0.5) is 0 Å². The van der Waals surface area contributed by atoms with E-state index in [1.165, 1.54) is 0 Å². The lowest BCUT2D eigenvalue weighted by Crippen LogP contribution is -2.53. The molecule has 2 aromatic rings. The van der Waals surface area contributed by atoms with E-state index in [2.05, 4.69) is 10.3 Å². The molecule has 2 aliphatic heterocycles. The molecule has 2 aliphatic rings. The molecule has 2 saturated heterocycles. The van der Waals surface area contributed by atoms with Gasteiger partial charge in [-0.2, -0.15) is 0 Å². The van der Waals surface area contributed by atoms with Crippen LogP contribution in [0.15, 0.2) is 48.8 Å². The fourth-order valence-electron chi connectivity index (χ4n) is 4.22. The average molecular weight is 400 g/mol. The van der Waals surface area contributed by atoms with E-state index in [1.807, 2.05) is 4.90 Å². The van der Waals surface area contributed by atoms with E-state index in [9.17, 15) is 9.59 Å². The summed E-state index contributed by atoms with van der Waals surface area (Å²) in [6, 6.07) is 10.8. The van der Waals surface area contributed by atoms with Crippen molar-refractivity contribution in [3.63, 3.8) is 0 Å². The molecule has 3 heterocycles. The molecule has 4 rings (SSSR count). The van der Waals surface area contributed by atoms with Gasteiger partial charge in [-0.15, -0.1) is 0 Å². The number of amides is 2. The molecule has 2 atom stereocenters. The fraction of sp³-hybridized carbons (Fsp3) is 0.381. The number of nitrogens with one attached hydrogen (secondary N) is 1. The molecule has 2 fully saturated rings. The maximum atomic E-state index is 12.7. The summed E-state index contributed by atoms with van der Waals surface area (Å²) in [5.74, 6) is 0.545. The van der Waals surface area contributed by atoms with E-state index in [0.717, 1.165) is 25.7 Å². The third-order valence-electron chi connectivity index (χ3n) is 5.47. The summed E-state index contributed by atoms with van der Waals surface area (Å²) in [4.78, 5) is 31.0. The third kappa shape index (κ3) is 4.12. The van der Waals surface area contributed by atoms with Crippen molar-refractivity contribution in [2.45, 2.75) is 43.8 Å². The van der Waals surface area contributed by atoms with E-state index >= 15 is 0 Å². The van der Waals surface area contributed by atoms with Crippen LogP contribution in [0, 0.1) is 0 Å². The Morgan fingerprint density at radius 2 is 1.71 bits per heavy atom. The van der Waals surface area contributed by atoms with Gasteiger partial charge in [-0.1, -0.05) is 11.6 Å². The minimum Gasteiger partial charge on any atom is -0.484 e. The number of pyridine rings is 1. The number of carbonyl (C=O) groups excluding carboxylic acids is 2. The lowest BCUT2D eigenvalue weighted by Gasteiger charge is -2.39. The predicted molar refractivity (Wildman–Crippen MR) is 105 cm³/mol. The van der Waals surface area contributed by atoms with Gasteiger partial charge in [-0.05, 0) is 62.1 Å². The molecular weight excluding hydrogens is 378 g/mol. The molecule has 1 N–H and O–H groups in total. The van der Waals surface area contributed by atoms with Crippen LogP contribution in [0.2, 0.25) is 5.02 Å². The molecule has 0 aliphatic carbocycles. The highest BCUT2D eigenvalue weighted by Crippen LogP contribution is 2.36. The number of piperidine rings is 1. The second-order valence-corrected chi connectivity index (χ2v) is 7.74. The van der Waals surface area contributed by atoms with Gasteiger partial charge in [0.15, 0.2) is 6.61 Å². The first-order valence-electron chi connectivity index (χ1n) is 9.50. The van der Waals surface area contributed by atoms with E-state index in [-0.39, 0.29) is 36.5 Å². The summed E-state index contributed by atoms with van der Waals surface area (Å²) >= 11 is 5.87. The normalized spacial score (nSPS) is 23.3. The number of carbonyl (C=O) groups is 2. The number of ether oxygens (including phenoxy) is 1. The number of benzene rings is 1. The van der Waals surface area contributed by atoms with Gasteiger partial charge in [0, 0.05) is 41.1 Å². The van der Waals surface area contributed by atoms with Gasteiger partial charge in [0.1, 0.15) is 5.75 Å². The summed E-state index contributed by atoms with van der Waals surface area (Å²) in [6.45, 7) is 0.0165. The van der Waals surface area contributed by atoms with Gasteiger partial charge in [0.2, 0.25) is 0 Å². The van der Waals surface area contributed by atoms with Gasteiger partial charge in [0.05, 0.1) is 0 Å². The zero-order chi connectivity index (χ0) is 19.5. The zero-order valence-corrected chi connectivity index (χ0v) is 16.1. The first-order chi connectivity index (χ1) is 13.6. The monoisotopic (exact) mass is 399 g/mol. The van der Waals surface area contributed by atoms with Crippen LogP contribution in [0.3, 0.4) is 0 Å². The van der Waals surface area contributed by atoms with Crippen LogP contribution < -0.4 is 10.1 Å². The van der Waals surface area contributed by atoms with Crippen LogP contribution in [0.5, 0.6) is 5.75 Å². The summed E-state index contributed by atoms with van der Waals surface area (Å²) in [5, 5.41) is 3.74. The highest BCUT2D eigenvalue weighted by atomic mass is 35.5. The highest BCUT2D eigenvalue weighted by Gasteiger charge is 2.43. The standard InChI is InChI=1S/C21H22ClN3O3/c22-15-1-5-19(6-2-15)28-13-20(26)25-17-3-4-18(25)12-16(11-17)24-21(27)14-7-9-23-10-8-14/h1-2,5-10,16-18H,3-4,11-13H2,(H,24,27). The number of aromatic nitrogens is 1. The first kappa shape index (κ1) is 18.7. The average Bonchev–Trinajstić information content (AvgIpc) is 2.98. The smallest absolute Gasteiger partial charge is 0.261 e. The summed E-state index contributed by atoms with van der Waals surface area (Å²) < 4.78 is 5.62. The Kier molecular flexibility index (Phi) is 5.48. The van der Waals surface area contributed by atoms with Crippen molar-refractivity contribution in [1.29, 1.82) is 0 Å². The minimum atomic E-state index is -0.0855. The van der Waals surface area contributed by atoms with E-state index in [0.29, 0.717) is 16.3 Å². The van der Waals surface area contributed by atoms with Gasteiger partial charge < -0.3 is 15.0 Å².